The van der Waals surface area contributed by atoms with E-state index in [4.69, 9.17) is 0 Å². The minimum absolute atomic E-state index is 0.158. The molecule has 1 atom stereocenters. The number of amides is 1. The second-order valence-corrected chi connectivity index (χ2v) is 9.18. The average molecular weight is 425 g/mol. The van der Waals surface area contributed by atoms with Crippen molar-refractivity contribution in [3.05, 3.63) is 83.2 Å². The highest BCUT2D eigenvalue weighted by Gasteiger charge is 2.26. The second-order valence-electron chi connectivity index (χ2n) is 7.41. The normalized spacial score (nSPS) is 15.7. The zero-order chi connectivity index (χ0) is 21.1. The molecule has 1 unspecified atom stereocenters. The molecule has 0 saturated heterocycles. The Morgan fingerprint density at radius 2 is 1.97 bits per heavy atom. The molecule has 8 heteroatoms. The monoisotopic (exact) mass is 424 g/mol. The molecule has 0 radical (unpaired) electrons. The minimum atomic E-state index is -3.65. The summed E-state index contributed by atoms with van der Waals surface area (Å²) in [4.78, 5) is 12.7. The fourth-order valence-electron chi connectivity index (χ4n) is 3.69. The summed E-state index contributed by atoms with van der Waals surface area (Å²) in [6.45, 7) is 2.58. The van der Waals surface area contributed by atoms with Gasteiger partial charge in [0.05, 0.1) is 23.2 Å². The first-order chi connectivity index (χ1) is 14.4. The van der Waals surface area contributed by atoms with Gasteiger partial charge in [-0.15, -0.1) is 0 Å². The van der Waals surface area contributed by atoms with Crippen LogP contribution in [0.3, 0.4) is 0 Å². The van der Waals surface area contributed by atoms with E-state index < -0.39 is 10.0 Å². The van der Waals surface area contributed by atoms with Crippen molar-refractivity contribution < 1.29 is 13.2 Å². The van der Waals surface area contributed by atoms with Gasteiger partial charge >= 0.3 is 0 Å². The minimum Gasteiger partial charge on any atom is -0.345 e. The standard InChI is InChI=1S/C22H24N4O3S/c1-16-11-13-26(25-16)14-12-23-30(28,29)19-9-7-17-8-10-21(20(17)15-19)24-22(27)18-5-3-2-4-6-18/h2-7,9,11,13,15,21,23H,8,10,12,14H2,1H3,(H,24,27). The topological polar surface area (TPSA) is 93.1 Å². The number of benzene rings is 2. The zero-order valence-electron chi connectivity index (χ0n) is 16.7. The van der Waals surface area contributed by atoms with Crippen molar-refractivity contribution in [1.29, 1.82) is 0 Å². The first kappa shape index (κ1) is 20.3. The number of nitrogens with one attached hydrogen (secondary N) is 2. The van der Waals surface area contributed by atoms with Crippen LogP contribution in [0.2, 0.25) is 0 Å². The number of carbonyl (C=O) groups excluding carboxylic acids is 1. The molecule has 3 aromatic rings. The van der Waals surface area contributed by atoms with E-state index in [0.29, 0.717) is 12.1 Å². The predicted octanol–water partition coefficient (Wildman–Crippen LogP) is 2.59. The molecule has 1 amide bonds. The van der Waals surface area contributed by atoms with Gasteiger partial charge in [-0.2, -0.15) is 5.10 Å². The van der Waals surface area contributed by atoms with Crippen molar-refractivity contribution in [3.63, 3.8) is 0 Å². The third kappa shape index (κ3) is 4.44. The van der Waals surface area contributed by atoms with Crippen LogP contribution in [0.15, 0.2) is 65.7 Å². The van der Waals surface area contributed by atoms with E-state index in [2.05, 4.69) is 15.1 Å². The van der Waals surface area contributed by atoms with E-state index in [1.165, 1.54) is 0 Å². The van der Waals surface area contributed by atoms with E-state index in [1.807, 2.05) is 43.5 Å². The molecule has 1 aliphatic carbocycles. The molecule has 156 valence electrons. The molecule has 1 aromatic heterocycles. The summed E-state index contributed by atoms with van der Waals surface area (Å²) >= 11 is 0. The maximum atomic E-state index is 12.7. The predicted molar refractivity (Wildman–Crippen MR) is 114 cm³/mol. The van der Waals surface area contributed by atoms with Crippen LogP contribution in [-0.4, -0.2) is 30.7 Å². The van der Waals surface area contributed by atoms with Crippen LogP contribution >= 0.6 is 0 Å². The number of rotatable bonds is 7. The Morgan fingerprint density at radius 1 is 1.17 bits per heavy atom. The molecule has 0 bridgehead atoms. The lowest BCUT2D eigenvalue weighted by atomic mass is 10.1. The molecule has 30 heavy (non-hydrogen) atoms. The fourth-order valence-corrected chi connectivity index (χ4v) is 4.75. The second kappa shape index (κ2) is 8.41. The lowest BCUT2D eigenvalue weighted by molar-refractivity contribution is 0.0936. The summed E-state index contributed by atoms with van der Waals surface area (Å²) in [5, 5.41) is 7.29. The van der Waals surface area contributed by atoms with Crippen molar-refractivity contribution in [2.45, 2.75) is 37.2 Å². The zero-order valence-corrected chi connectivity index (χ0v) is 17.5. The number of aromatic nitrogens is 2. The SMILES string of the molecule is Cc1ccn(CCNS(=O)(=O)c2ccc3c(c2)C(NC(=O)c2ccccc2)CC3)n1. The van der Waals surface area contributed by atoms with Gasteiger partial charge in [0.1, 0.15) is 0 Å². The van der Waals surface area contributed by atoms with Gasteiger partial charge < -0.3 is 5.32 Å². The quantitative estimate of drug-likeness (QED) is 0.610. The largest absolute Gasteiger partial charge is 0.345 e. The highest BCUT2D eigenvalue weighted by atomic mass is 32.2. The van der Waals surface area contributed by atoms with E-state index in [0.717, 1.165) is 29.7 Å². The van der Waals surface area contributed by atoms with Crippen LogP contribution in [0.5, 0.6) is 0 Å². The Morgan fingerprint density at radius 3 is 2.70 bits per heavy atom. The number of nitrogens with zero attached hydrogens (tertiary/aromatic N) is 2. The molecule has 2 aromatic carbocycles. The van der Waals surface area contributed by atoms with Crippen molar-refractivity contribution >= 4 is 15.9 Å². The van der Waals surface area contributed by atoms with E-state index in [-0.39, 0.29) is 23.4 Å². The molecular formula is C22H24N4O3S. The van der Waals surface area contributed by atoms with Crippen molar-refractivity contribution in [1.82, 2.24) is 19.8 Å². The van der Waals surface area contributed by atoms with Gasteiger partial charge in [-0.3, -0.25) is 9.48 Å². The molecule has 0 aliphatic heterocycles. The summed E-state index contributed by atoms with van der Waals surface area (Å²) in [6, 6.07) is 15.8. The van der Waals surface area contributed by atoms with Crippen LogP contribution in [-0.2, 0) is 23.0 Å². The molecule has 4 rings (SSSR count). The van der Waals surface area contributed by atoms with E-state index in [1.54, 1.807) is 28.9 Å². The Bertz CT molecular complexity index is 1160. The van der Waals surface area contributed by atoms with E-state index in [9.17, 15) is 13.2 Å². The summed E-state index contributed by atoms with van der Waals surface area (Å²) < 4.78 is 29.8. The number of sulfonamides is 1. The number of fused-ring (bicyclic) bond motifs is 1. The Labute approximate surface area is 176 Å². The molecule has 0 spiro atoms. The van der Waals surface area contributed by atoms with Crippen LogP contribution in [0.1, 0.15) is 39.6 Å². The van der Waals surface area contributed by atoms with Gasteiger partial charge in [0, 0.05) is 18.3 Å². The lowest BCUT2D eigenvalue weighted by Gasteiger charge is -2.15. The summed E-state index contributed by atoms with van der Waals surface area (Å²) in [7, 11) is -3.65. The summed E-state index contributed by atoms with van der Waals surface area (Å²) in [5.41, 5.74) is 3.41. The molecule has 1 heterocycles. The first-order valence-electron chi connectivity index (χ1n) is 9.91. The number of hydrogen-bond donors (Lipinski definition) is 2. The van der Waals surface area contributed by atoms with Crippen LogP contribution < -0.4 is 10.0 Å². The Balaban J connectivity index is 1.45. The van der Waals surface area contributed by atoms with Gasteiger partial charge in [-0.1, -0.05) is 24.3 Å². The first-order valence-corrected chi connectivity index (χ1v) is 11.4. The Kier molecular flexibility index (Phi) is 5.69. The van der Waals surface area contributed by atoms with Gasteiger partial charge in [-0.25, -0.2) is 13.1 Å². The van der Waals surface area contributed by atoms with E-state index >= 15 is 0 Å². The van der Waals surface area contributed by atoms with Gasteiger partial charge in [0.2, 0.25) is 10.0 Å². The molecule has 2 N–H and O–H groups in total. The van der Waals surface area contributed by atoms with Crippen molar-refractivity contribution in [2.75, 3.05) is 6.54 Å². The summed E-state index contributed by atoms with van der Waals surface area (Å²) in [5.74, 6) is -0.158. The Hall–Kier alpha value is -2.97. The maximum absolute atomic E-state index is 12.7. The summed E-state index contributed by atoms with van der Waals surface area (Å²) in [6.07, 6.45) is 3.38. The molecule has 1 aliphatic rings. The van der Waals surface area contributed by atoms with Crippen molar-refractivity contribution in [2.24, 2.45) is 0 Å². The number of carbonyl (C=O) groups is 1. The average Bonchev–Trinajstić information content (AvgIpc) is 3.34. The maximum Gasteiger partial charge on any atom is 0.251 e. The highest BCUT2D eigenvalue weighted by Crippen LogP contribution is 2.33. The highest BCUT2D eigenvalue weighted by molar-refractivity contribution is 7.89. The molecule has 0 fully saturated rings. The third-order valence-electron chi connectivity index (χ3n) is 5.25. The van der Waals surface area contributed by atoms with Gasteiger partial charge in [-0.05, 0) is 61.2 Å². The molecule has 7 nitrogen and oxygen atoms in total. The van der Waals surface area contributed by atoms with Gasteiger partial charge in [0.15, 0.2) is 0 Å². The van der Waals surface area contributed by atoms with Crippen LogP contribution in [0.4, 0.5) is 0 Å². The molecule has 0 saturated carbocycles. The van der Waals surface area contributed by atoms with Gasteiger partial charge in [0.25, 0.3) is 5.91 Å². The smallest absolute Gasteiger partial charge is 0.251 e. The third-order valence-corrected chi connectivity index (χ3v) is 6.71. The fraction of sp³-hybridized carbons (Fsp3) is 0.273. The van der Waals surface area contributed by atoms with Crippen LogP contribution in [0, 0.1) is 6.92 Å². The number of aryl methyl sites for hydroxylation is 2. The van der Waals surface area contributed by atoms with Crippen molar-refractivity contribution in [3.8, 4) is 0 Å². The number of hydrogen-bond acceptors (Lipinski definition) is 4. The molecular weight excluding hydrogens is 400 g/mol. The van der Waals surface area contributed by atoms with Crippen LogP contribution in [0.25, 0.3) is 0 Å². The lowest BCUT2D eigenvalue weighted by Crippen LogP contribution is -2.29.